The first-order valence-electron chi connectivity index (χ1n) is 7.43. The van der Waals surface area contributed by atoms with E-state index in [1.807, 2.05) is 24.3 Å². The second-order valence-corrected chi connectivity index (χ2v) is 5.70. The van der Waals surface area contributed by atoms with Gasteiger partial charge in [-0.3, -0.25) is 0 Å². The van der Waals surface area contributed by atoms with Gasteiger partial charge in [0.2, 0.25) is 0 Å². The average molecular weight is 279 g/mol. The lowest BCUT2D eigenvalue weighted by molar-refractivity contribution is 0.561. The predicted octanol–water partition coefficient (Wildman–Crippen LogP) is 3.86. The first kappa shape index (κ1) is 13.8. The van der Waals surface area contributed by atoms with Gasteiger partial charge in [0, 0.05) is 18.5 Å². The summed E-state index contributed by atoms with van der Waals surface area (Å²) in [5.41, 5.74) is 9.74. The second kappa shape index (κ2) is 5.70. The predicted molar refractivity (Wildman–Crippen MR) is 87.2 cm³/mol. The number of nitrogens with zero attached hydrogens (tertiary/aromatic N) is 2. The molecule has 0 spiro atoms. The minimum absolute atomic E-state index is 0.0273. The third kappa shape index (κ3) is 2.69. The third-order valence-corrected chi connectivity index (χ3v) is 3.82. The van der Waals surface area contributed by atoms with Crippen LogP contribution in [0.1, 0.15) is 37.3 Å². The van der Waals surface area contributed by atoms with E-state index in [9.17, 15) is 0 Å². The van der Waals surface area contributed by atoms with E-state index in [1.54, 1.807) is 0 Å². The first-order valence-corrected chi connectivity index (χ1v) is 7.43. The van der Waals surface area contributed by atoms with Gasteiger partial charge in [0.15, 0.2) is 0 Å². The summed E-state index contributed by atoms with van der Waals surface area (Å²) in [6, 6.07) is 18.8. The van der Waals surface area contributed by atoms with Gasteiger partial charge in [0.25, 0.3) is 0 Å². The molecule has 3 nitrogen and oxygen atoms in total. The molecule has 0 fully saturated rings. The van der Waals surface area contributed by atoms with Crippen LogP contribution >= 0.6 is 0 Å². The maximum Gasteiger partial charge on any atom is 0.112 e. The van der Waals surface area contributed by atoms with Crippen molar-refractivity contribution in [2.45, 2.75) is 32.4 Å². The van der Waals surface area contributed by atoms with Crippen LogP contribution < -0.4 is 5.73 Å². The second-order valence-electron chi connectivity index (χ2n) is 5.70. The van der Waals surface area contributed by atoms with E-state index >= 15 is 0 Å². The summed E-state index contributed by atoms with van der Waals surface area (Å²) in [4.78, 5) is 4.78. The summed E-state index contributed by atoms with van der Waals surface area (Å²) in [5, 5.41) is 0. The minimum Gasteiger partial charge on any atom is -0.325 e. The Morgan fingerprint density at radius 2 is 1.67 bits per heavy atom. The molecule has 0 radical (unpaired) electrons. The molecule has 3 rings (SSSR count). The molecule has 108 valence electrons. The van der Waals surface area contributed by atoms with Gasteiger partial charge >= 0.3 is 0 Å². The van der Waals surface area contributed by atoms with Crippen molar-refractivity contribution in [3.05, 3.63) is 66.0 Å². The van der Waals surface area contributed by atoms with Crippen molar-refractivity contribution in [3.63, 3.8) is 0 Å². The number of para-hydroxylation sites is 2. The molecule has 0 bridgehead atoms. The zero-order valence-corrected chi connectivity index (χ0v) is 12.5. The quantitative estimate of drug-likeness (QED) is 0.788. The standard InChI is InChI=1S/C18H21N3/c1-13(2)21-17-11-7-6-10-16(17)20-18(21)12-15(19)14-8-4-3-5-9-14/h3-11,13,15H,12,19H2,1-2H3. The van der Waals surface area contributed by atoms with Gasteiger partial charge in [-0.2, -0.15) is 0 Å². The highest BCUT2D eigenvalue weighted by Gasteiger charge is 2.16. The Labute approximate surface area is 125 Å². The van der Waals surface area contributed by atoms with Crippen LogP contribution in [0.25, 0.3) is 11.0 Å². The largest absolute Gasteiger partial charge is 0.325 e. The maximum absolute atomic E-state index is 6.36. The molecule has 1 aromatic heterocycles. The van der Waals surface area contributed by atoms with E-state index in [2.05, 4.69) is 48.7 Å². The number of aromatic nitrogens is 2. The van der Waals surface area contributed by atoms with Gasteiger partial charge in [-0.15, -0.1) is 0 Å². The average Bonchev–Trinajstić information content (AvgIpc) is 2.86. The van der Waals surface area contributed by atoms with Crippen LogP contribution in [0.4, 0.5) is 0 Å². The Hall–Kier alpha value is -2.13. The van der Waals surface area contributed by atoms with Crippen LogP contribution in [0.15, 0.2) is 54.6 Å². The Kier molecular flexibility index (Phi) is 3.76. The van der Waals surface area contributed by atoms with Crippen molar-refractivity contribution in [3.8, 4) is 0 Å². The van der Waals surface area contributed by atoms with Crippen LogP contribution in [0.5, 0.6) is 0 Å². The lowest BCUT2D eigenvalue weighted by atomic mass is 10.0. The summed E-state index contributed by atoms with van der Waals surface area (Å²) in [5.74, 6) is 1.06. The summed E-state index contributed by atoms with van der Waals surface area (Å²) < 4.78 is 2.29. The molecule has 0 aliphatic heterocycles. The molecule has 0 saturated carbocycles. The van der Waals surface area contributed by atoms with E-state index in [0.717, 1.165) is 23.3 Å². The Morgan fingerprint density at radius 1 is 1.00 bits per heavy atom. The highest BCUT2D eigenvalue weighted by Crippen LogP contribution is 2.24. The van der Waals surface area contributed by atoms with Crippen molar-refractivity contribution in [2.24, 2.45) is 5.73 Å². The zero-order chi connectivity index (χ0) is 14.8. The van der Waals surface area contributed by atoms with Crippen molar-refractivity contribution < 1.29 is 0 Å². The fourth-order valence-electron chi connectivity index (χ4n) is 2.83. The molecule has 1 unspecified atom stereocenters. The van der Waals surface area contributed by atoms with Gasteiger partial charge in [-0.25, -0.2) is 4.98 Å². The van der Waals surface area contributed by atoms with Crippen molar-refractivity contribution in [1.82, 2.24) is 9.55 Å². The number of imidazole rings is 1. The number of nitrogens with two attached hydrogens (primary N) is 1. The van der Waals surface area contributed by atoms with E-state index in [-0.39, 0.29) is 6.04 Å². The van der Waals surface area contributed by atoms with Gasteiger partial charge < -0.3 is 10.3 Å². The molecule has 1 atom stereocenters. The molecule has 1 heterocycles. The van der Waals surface area contributed by atoms with Crippen molar-refractivity contribution in [1.29, 1.82) is 0 Å². The molecule has 2 N–H and O–H groups in total. The molecule has 2 aromatic carbocycles. The first-order chi connectivity index (χ1) is 10.2. The highest BCUT2D eigenvalue weighted by atomic mass is 15.1. The Balaban J connectivity index is 1.98. The van der Waals surface area contributed by atoms with E-state index in [0.29, 0.717) is 6.04 Å². The van der Waals surface area contributed by atoms with Crippen LogP contribution in [-0.2, 0) is 6.42 Å². The zero-order valence-electron chi connectivity index (χ0n) is 12.5. The van der Waals surface area contributed by atoms with Crippen LogP contribution in [0.3, 0.4) is 0 Å². The van der Waals surface area contributed by atoms with E-state index in [1.165, 1.54) is 5.52 Å². The molecule has 0 aliphatic carbocycles. The Bertz CT molecular complexity index is 729. The maximum atomic E-state index is 6.36. The molecule has 0 aliphatic rings. The molecular weight excluding hydrogens is 258 g/mol. The van der Waals surface area contributed by atoms with Crippen LogP contribution in [0.2, 0.25) is 0 Å². The van der Waals surface area contributed by atoms with Gasteiger partial charge in [-0.05, 0) is 31.5 Å². The monoisotopic (exact) mass is 279 g/mol. The SMILES string of the molecule is CC(C)n1c(CC(N)c2ccccc2)nc2ccccc21. The van der Waals surface area contributed by atoms with Gasteiger partial charge in [0.1, 0.15) is 5.82 Å². The Morgan fingerprint density at radius 3 is 2.38 bits per heavy atom. The topological polar surface area (TPSA) is 43.8 Å². The molecule has 0 saturated heterocycles. The lowest BCUT2D eigenvalue weighted by Gasteiger charge is -2.16. The van der Waals surface area contributed by atoms with Crippen molar-refractivity contribution in [2.75, 3.05) is 0 Å². The van der Waals surface area contributed by atoms with E-state index in [4.69, 9.17) is 10.7 Å². The lowest BCUT2D eigenvalue weighted by Crippen LogP contribution is -2.17. The van der Waals surface area contributed by atoms with Crippen LogP contribution in [0, 0.1) is 0 Å². The number of benzene rings is 2. The summed E-state index contributed by atoms with van der Waals surface area (Å²) in [7, 11) is 0. The van der Waals surface area contributed by atoms with Gasteiger partial charge in [0.05, 0.1) is 11.0 Å². The summed E-state index contributed by atoms with van der Waals surface area (Å²) >= 11 is 0. The molecule has 21 heavy (non-hydrogen) atoms. The number of rotatable bonds is 4. The molecule has 3 aromatic rings. The molecular formula is C18H21N3. The third-order valence-electron chi connectivity index (χ3n) is 3.82. The summed E-state index contributed by atoms with van der Waals surface area (Å²) in [6.07, 6.45) is 0.747. The number of fused-ring (bicyclic) bond motifs is 1. The molecule has 3 heteroatoms. The number of hydrogen-bond donors (Lipinski definition) is 1. The summed E-state index contributed by atoms with van der Waals surface area (Å²) in [6.45, 7) is 4.37. The fraction of sp³-hybridized carbons (Fsp3) is 0.278. The molecule has 0 amide bonds. The smallest absolute Gasteiger partial charge is 0.112 e. The normalized spacial score (nSPS) is 13.0. The van der Waals surface area contributed by atoms with Gasteiger partial charge in [-0.1, -0.05) is 42.5 Å². The highest BCUT2D eigenvalue weighted by molar-refractivity contribution is 5.76. The minimum atomic E-state index is -0.0273. The van der Waals surface area contributed by atoms with E-state index < -0.39 is 0 Å². The number of hydrogen-bond acceptors (Lipinski definition) is 2. The van der Waals surface area contributed by atoms with Crippen LogP contribution in [-0.4, -0.2) is 9.55 Å². The van der Waals surface area contributed by atoms with Crippen molar-refractivity contribution >= 4 is 11.0 Å². The fourth-order valence-corrected chi connectivity index (χ4v) is 2.83.